The normalized spacial score (nSPS) is 24.1. The minimum atomic E-state index is 0.637. The molecule has 0 spiro atoms. The minimum Gasteiger partial charge on any atom is -0.358 e. The van der Waals surface area contributed by atoms with Crippen LogP contribution in [0.3, 0.4) is 0 Å². The zero-order chi connectivity index (χ0) is 19.2. The molecule has 0 amide bonds. The van der Waals surface area contributed by atoms with Gasteiger partial charge in [-0.1, -0.05) is 67.5 Å². The van der Waals surface area contributed by atoms with E-state index in [1.807, 2.05) is 11.8 Å². The number of thiocarbonyl (C=S) groups is 1. The van der Waals surface area contributed by atoms with Crippen molar-refractivity contribution < 1.29 is 0 Å². The summed E-state index contributed by atoms with van der Waals surface area (Å²) < 4.78 is 1.14. The van der Waals surface area contributed by atoms with Crippen molar-refractivity contribution >= 4 is 28.3 Å². The average Bonchev–Trinajstić information content (AvgIpc) is 2.68. The smallest absolute Gasteiger partial charge is 0.136 e. The van der Waals surface area contributed by atoms with Gasteiger partial charge in [0.15, 0.2) is 0 Å². The van der Waals surface area contributed by atoms with Crippen LogP contribution < -0.4 is 0 Å². The van der Waals surface area contributed by atoms with Gasteiger partial charge in [-0.05, 0) is 69.7 Å². The molecule has 2 aliphatic rings. The molecule has 2 fully saturated rings. The topological polar surface area (TPSA) is 6.48 Å². The molecule has 1 aromatic carbocycles. The van der Waals surface area contributed by atoms with Crippen LogP contribution in [0.1, 0.15) is 74.8 Å². The lowest BCUT2D eigenvalue weighted by molar-refractivity contribution is 0.266. The van der Waals surface area contributed by atoms with Gasteiger partial charge in [-0.3, -0.25) is 0 Å². The fraction of sp³-hybridized carbons (Fsp3) is 0.696. The highest BCUT2D eigenvalue weighted by atomic mass is 32.2. The van der Waals surface area contributed by atoms with Crippen molar-refractivity contribution in [1.82, 2.24) is 9.80 Å². The van der Waals surface area contributed by atoms with E-state index in [9.17, 15) is 0 Å². The minimum absolute atomic E-state index is 0.637. The summed E-state index contributed by atoms with van der Waals surface area (Å²) in [6.45, 7) is 1.02. The van der Waals surface area contributed by atoms with E-state index in [1.54, 1.807) is 0 Å². The predicted molar refractivity (Wildman–Crippen MR) is 124 cm³/mol. The predicted octanol–water partition coefficient (Wildman–Crippen LogP) is 6.06. The van der Waals surface area contributed by atoms with Gasteiger partial charge in [-0.2, -0.15) is 0 Å². The van der Waals surface area contributed by atoms with Gasteiger partial charge in [-0.25, -0.2) is 0 Å². The highest BCUT2D eigenvalue weighted by molar-refractivity contribution is 8.23. The van der Waals surface area contributed by atoms with Crippen LogP contribution in [0.5, 0.6) is 0 Å². The average molecular weight is 405 g/mol. The molecule has 0 heterocycles. The van der Waals surface area contributed by atoms with E-state index < -0.39 is 0 Å². The van der Waals surface area contributed by atoms with E-state index >= 15 is 0 Å². The Labute approximate surface area is 176 Å². The van der Waals surface area contributed by atoms with Crippen molar-refractivity contribution in [3.8, 4) is 0 Å². The van der Waals surface area contributed by atoms with Gasteiger partial charge < -0.3 is 9.80 Å². The first-order chi connectivity index (χ1) is 13.0. The molecule has 0 aliphatic heterocycles. The Morgan fingerprint density at radius 3 is 2.15 bits per heavy atom. The van der Waals surface area contributed by atoms with Crippen LogP contribution in [0.15, 0.2) is 24.3 Å². The van der Waals surface area contributed by atoms with E-state index in [0.29, 0.717) is 6.04 Å². The van der Waals surface area contributed by atoms with Crippen molar-refractivity contribution in [2.75, 3.05) is 21.1 Å². The summed E-state index contributed by atoms with van der Waals surface area (Å²) in [7, 11) is 6.49. The van der Waals surface area contributed by atoms with Gasteiger partial charge in [0.2, 0.25) is 0 Å². The lowest BCUT2D eigenvalue weighted by Crippen LogP contribution is -2.37. The number of rotatable bonds is 5. The summed E-state index contributed by atoms with van der Waals surface area (Å²) in [5.41, 5.74) is 2.93. The fourth-order valence-electron chi connectivity index (χ4n) is 4.61. The van der Waals surface area contributed by atoms with Crippen LogP contribution in [0.4, 0.5) is 0 Å². The summed E-state index contributed by atoms with van der Waals surface area (Å²) in [6, 6.07) is 9.97. The molecule has 3 rings (SSSR count). The standard InChI is InChI=1S/C23H36N2S2/c1-24(2)17-18-9-11-19(12-10-18)20-13-15-21(16-14-20)25(3)23(26)27-22-7-5-4-6-8-22/h9-12,20-22H,4-8,13-17H2,1-3H3/t20-,21-. The van der Waals surface area contributed by atoms with E-state index in [4.69, 9.17) is 12.2 Å². The zero-order valence-electron chi connectivity index (χ0n) is 17.3. The van der Waals surface area contributed by atoms with Gasteiger partial charge in [0.25, 0.3) is 0 Å². The highest BCUT2D eigenvalue weighted by Crippen LogP contribution is 2.36. The molecule has 0 bridgehead atoms. The number of thioether (sulfide) groups is 1. The number of benzene rings is 1. The first-order valence-electron chi connectivity index (χ1n) is 10.7. The van der Waals surface area contributed by atoms with Crippen molar-refractivity contribution in [3.05, 3.63) is 35.4 Å². The molecular formula is C23H36N2S2. The molecule has 4 heteroatoms. The zero-order valence-corrected chi connectivity index (χ0v) is 19.0. The lowest BCUT2D eigenvalue weighted by Gasteiger charge is -2.37. The molecule has 0 atom stereocenters. The number of hydrogen-bond donors (Lipinski definition) is 0. The quantitative estimate of drug-likeness (QED) is 0.550. The van der Waals surface area contributed by atoms with Gasteiger partial charge in [0, 0.05) is 24.9 Å². The maximum Gasteiger partial charge on any atom is 0.136 e. The second kappa shape index (κ2) is 10.3. The molecule has 0 saturated heterocycles. The summed E-state index contributed by atoms with van der Waals surface area (Å²) >= 11 is 7.77. The first-order valence-corrected chi connectivity index (χ1v) is 12.0. The van der Waals surface area contributed by atoms with E-state index in [2.05, 4.69) is 55.2 Å². The molecule has 0 aromatic heterocycles. The second-order valence-corrected chi connectivity index (χ2v) is 10.7. The SMILES string of the molecule is CN(C)Cc1ccc([C@H]2CC[C@H](N(C)C(=S)SC3CCCCC3)CC2)cc1. The molecule has 0 unspecified atom stereocenters. The molecule has 27 heavy (non-hydrogen) atoms. The van der Waals surface area contributed by atoms with E-state index in [-0.39, 0.29) is 0 Å². The van der Waals surface area contributed by atoms with Gasteiger partial charge in [-0.15, -0.1) is 0 Å². The van der Waals surface area contributed by atoms with Crippen molar-refractivity contribution in [1.29, 1.82) is 0 Å². The molecule has 0 N–H and O–H groups in total. The molecule has 0 radical (unpaired) electrons. The Morgan fingerprint density at radius 1 is 0.926 bits per heavy atom. The maximum atomic E-state index is 5.79. The van der Waals surface area contributed by atoms with E-state index in [1.165, 1.54) is 68.9 Å². The summed E-state index contributed by atoms with van der Waals surface area (Å²) in [4.78, 5) is 4.65. The molecular weight excluding hydrogens is 368 g/mol. The number of nitrogens with zero attached hydrogens (tertiary/aromatic N) is 2. The third-order valence-corrected chi connectivity index (χ3v) is 8.17. The molecule has 2 aliphatic carbocycles. The van der Waals surface area contributed by atoms with Crippen LogP contribution >= 0.6 is 24.0 Å². The van der Waals surface area contributed by atoms with Gasteiger partial charge >= 0.3 is 0 Å². The summed E-state index contributed by atoms with van der Waals surface area (Å²) in [5.74, 6) is 0.725. The fourth-order valence-corrected chi connectivity index (χ4v) is 6.34. The van der Waals surface area contributed by atoms with Crippen molar-refractivity contribution in [2.24, 2.45) is 0 Å². The molecule has 1 aromatic rings. The van der Waals surface area contributed by atoms with Gasteiger partial charge in [0.1, 0.15) is 4.32 Å². The van der Waals surface area contributed by atoms with E-state index in [0.717, 1.165) is 22.0 Å². The third-order valence-electron chi connectivity index (χ3n) is 6.30. The molecule has 2 nitrogen and oxygen atoms in total. The monoisotopic (exact) mass is 404 g/mol. The van der Waals surface area contributed by atoms with Crippen LogP contribution in [-0.4, -0.2) is 46.6 Å². The third kappa shape index (κ3) is 6.20. The van der Waals surface area contributed by atoms with Crippen molar-refractivity contribution in [3.63, 3.8) is 0 Å². The summed E-state index contributed by atoms with van der Waals surface area (Å²) in [5, 5.41) is 0.769. The molecule has 2 saturated carbocycles. The number of hydrogen-bond acceptors (Lipinski definition) is 3. The summed E-state index contributed by atoms with van der Waals surface area (Å²) in [6.07, 6.45) is 12.0. The largest absolute Gasteiger partial charge is 0.358 e. The van der Waals surface area contributed by atoms with Crippen LogP contribution in [0.2, 0.25) is 0 Å². The lowest BCUT2D eigenvalue weighted by atomic mass is 9.81. The second-order valence-electron chi connectivity index (χ2n) is 8.74. The highest BCUT2D eigenvalue weighted by Gasteiger charge is 2.27. The van der Waals surface area contributed by atoms with Crippen molar-refractivity contribution in [2.45, 2.75) is 81.5 Å². The maximum absolute atomic E-state index is 5.79. The van der Waals surface area contributed by atoms with Crippen LogP contribution in [0.25, 0.3) is 0 Å². The van der Waals surface area contributed by atoms with Gasteiger partial charge in [0.05, 0.1) is 0 Å². The Morgan fingerprint density at radius 2 is 1.56 bits per heavy atom. The Bertz CT molecular complexity index is 585. The Balaban J connectivity index is 1.46. The van der Waals surface area contributed by atoms with Crippen LogP contribution in [-0.2, 0) is 6.54 Å². The Kier molecular flexibility index (Phi) is 8.04. The first kappa shape index (κ1) is 21.1. The Hall–Kier alpha value is -0.580. The molecule has 150 valence electrons. The van der Waals surface area contributed by atoms with Crippen LogP contribution in [0, 0.1) is 0 Å².